The van der Waals surface area contributed by atoms with E-state index in [1.54, 1.807) is 138 Å². The molecule has 0 radical (unpaired) electrons. The summed E-state index contributed by atoms with van der Waals surface area (Å²) >= 11 is 63.8. The van der Waals surface area contributed by atoms with Crippen molar-refractivity contribution < 1.29 is 57.0 Å². The molecule has 0 spiro atoms. The molecule has 0 aliphatic carbocycles. The Bertz CT molecular complexity index is 6270. The van der Waals surface area contributed by atoms with Gasteiger partial charge in [-0.2, -0.15) is 0 Å². The van der Waals surface area contributed by atoms with Gasteiger partial charge in [-0.25, -0.2) is 56.2 Å². The molecule has 12 aromatic heterocycles. The minimum atomic E-state index is -0.940. The second-order valence-corrected chi connectivity index (χ2v) is 32.2. The number of halogens is 18. The van der Waals surface area contributed by atoms with E-state index in [0.29, 0.717) is 143 Å². The molecule has 12 heterocycles. The quantitative estimate of drug-likeness (QED) is 0.0628. The molecule has 0 amide bonds. The molecule has 0 aliphatic rings. The fourth-order valence-corrected chi connectivity index (χ4v) is 15.5. The predicted octanol–water partition coefficient (Wildman–Crippen LogP) is 24.0. The summed E-state index contributed by atoms with van der Waals surface area (Å²) in [5.41, 5.74) is 13.8. The highest BCUT2D eigenvalue weighted by molar-refractivity contribution is 9.11. The normalized spacial score (nSPS) is 11.2. The van der Waals surface area contributed by atoms with Gasteiger partial charge >= 0.3 is 0 Å². The second kappa shape index (κ2) is 38.9. The Morgan fingerprint density at radius 2 is 0.517 bits per heavy atom. The first-order valence-electron chi connectivity index (χ1n) is 35.0. The Morgan fingerprint density at radius 3 is 0.825 bits per heavy atom. The van der Waals surface area contributed by atoms with E-state index in [9.17, 15) is 57.0 Å². The molecular weight excluding hydrogens is 1950 g/mol. The lowest BCUT2D eigenvalue weighted by atomic mass is 10.1. The fraction of sp³-hybridized carbons (Fsp3) is 0.0714. The number of rotatable bonds is 12. The molecule has 0 saturated carbocycles. The van der Waals surface area contributed by atoms with Crippen molar-refractivity contribution in [2.75, 3.05) is 0 Å². The number of nitrogens with zero attached hydrogens (tertiary/aromatic N) is 12. The highest BCUT2D eigenvalue weighted by Crippen LogP contribution is 2.38. The Labute approximate surface area is 746 Å². The van der Waals surface area contributed by atoms with Gasteiger partial charge < -0.3 is 30.6 Å². The van der Waals surface area contributed by atoms with Crippen LogP contribution in [0.5, 0.6) is 0 Å². The van der Waals surface area contributed by atoms with E-state index in [4.69, 9.17) is 104 Å². The Kier molecular flexibility index (Phi) is 28.8. The molecule has 18 rings (SSSR count). The van der Waals surface area contributed by atoms with Crippen LogP contribution >= 0.6 is 152 Å². The summed E-state index contributed by atoms with van der Waals surface area (Å²) in [6, 6.07) is 47.3. The molecule has 18 aromatic rings. The van der Waals surface area contributed by atoms with Gasteiger partial charge in [-0.1, -0.05) is 104 Å². The lowest BCUT2D eigenvalue weighted by Crippen LogP contribution is -1.95. The van der Waals surface area contributed by atoms with Gasteiger partial charge in [-0.05, 0) is 224 Å². The third-order valence-corrected chi connectivity index (χ3v) is 21.9. The number of aromatic nitrogens is 12. The van der Waals surface area contributed by atoms with E-state index < -0.39 is 34.9 Å². The minimum absolute atomic E-state index is 0.0153. The van der Waals surface area contributed by atoms with Gasteiger partial charge in [0.25, 0.3) is 0 Å². The van der Waals surface area contributed by atoms with Crippen LogP contribution in [-0.2, 0) is 39.6 Å². The van der Waals surface area contributed by atoms with Gasteiger partial charge in [-0.3, -0.25) is 26.4 Å². The van der Waals surface area contributed by atoms with E-state index in [1.165, 1.54) is 36.4 Å². The SMILES string of the molecule is OCc1c(-c2ccc(Cl)cc2Cl)nc2ccc(Br)cn12.OCc1c(-c2ccc(Cl)cc2Cl)nc2ccc(Cl)cn12.OCc1c(-c2ccc(F)c(Cl)c2)nc2ccc(Br)cn12.OCc1c(-c2ccc(F)c(Cl)c2)nc2ccc(Cl)cn12.OCc1c(-c2ccc(F)c(F)c2)nc2ccc(Br)cn12.OCc1c(-c2ccc(F)cc2F)nc2ccc(Cl)cn12. The average Bonchev–Trinajstić information content (AvgIpc) is 1.71. The van der Waals surface area contributed by atoms with Crippen LogP contribution in [0, 0.1) is 34.9 Å². The van der Waals surface area contributed by atoms with Gasteiger partial charge in [0.1, 0.15) is 57.2 Å². The standard InChI is InChI=1S/C14H9BrCl2N2O.C14H9BrClFN2O.C14H9BrF2N2O.C14H9Cl3N2O.C14H9Cl2FN2O.C14H9ClF2N2O/c15-8-1-4-13-18-14(12(7-20)19(13)6-8)10-3-2-9(16)5-11(10)17;15-9-2-4-13-18-14(12(7-20)19(13)6-9)8-1-3-11(17)10(16)5-8;15-9-2-4-13-18-14(12(7-20)19(13)6-9)8-1-3-10(16)11(17)5-8;15-8-1-3-10(11(17)5-8)14-12(7-20)19-6-9(16)2-4-13(19)18-14;15-9-2-4-13-18-14(12(7-20)19(13)6-9)8-1-3-11(17)10(16)5-8;15-8-1-4-13-18-14(12(7-20)19(13)6-8)10-3-2-9(16)5-11(10)17/h6*1-6,20H,7H2. The van der Waals surface area contributed by atoms with E-state index in [0.717, 1.165) is 54.5 Å². The van der Waals surface area contributed by atoms with Crippen LogP contribution in [0.15, 0.2) is 233 Å². The van der Waals surface area contributed by atoms with Gasteiger partial charge in [0.2, 0.25) is 0 Å². The minimum Gasteiger partial charge on any atom is -0.390 e. The highest BCUT2D eigenvalue weighted by atomic mass is 79.9. The molecule has 6 aromatic carbocycles. The zero-order valence-electron chi connectivity index (χ0n) is 60.9. The summed E-state index contributed by atoms with van der Waals surface area (Å²) in [5, 5.41) is 61.2. The number of pyridine rings is 6. The number of hydrogen-bond donors (Lipinski definition) is 6. The molecule has 0 saturated heterocycles. The van der Waals surface area contributed by atoms with Crippen molar-refractivity contribution in [3.63, 3.8) is 0 Å². The molecule has 0 unspecified atom stereocenters. The van der Waals surface area contributed by atoms with Crippen molar-refractivity contribution in [1.82, 2.24) is 56.3 Å². The largest absolute Gasteiger partial charge is 0.390 e. The highest BCUT2D eigenvalue weighted by Gasteiger charge is 2.23. The van der Waals surface area contributed by atoms with Gasteiger partial charge in [0.05, 0.1) is 143 Å². The molecule has 0 atom stereocenters. The zero-order valence-corrected chi connectivity index (χ0v) is 72.4. The molecule has 18 nitrogen and oxygen atoms in total. The smallest absolute Gasteiger partial charge is 0.159 e. The predicted molar refractivity (Wildman–Crippen MR) is 467 cm³/mol. The van der Waals surface area contributed by atoms with Crippen molar-refractivity contribution in [3.05, 3.63) is 347 Å². The van der Waals surface area contributed by atoms with Gasteiger partial charge in [0, 0.05) is 100 Å². The van der Waals surface area contributed by atoms with Crippen LogP contribution in [0.1, 0.15) is 34.2 Å². The topological polar surface area (TPSA) is 225 Å². The average molecular weight is 2000 g/mol. The summed E-state index contributed by atoms with van der Waals surface area (Å²) in [7, 11) is 0. The molecule has 0 aliphatic heterocycles. The lowest BCUT2D eigenvalue weighted by Gasteiger charge is -2.04. The van der Waals surface area contributed by atoms with Crippen molar-refractivity contribution in [2.45, 2.75) is 39.6 Å². The van der Waals surface area contributed by atoms with Crippen molar-refractivity contribution in [2.24, 2.45) is 0 Å². The van der Waals surface area contributed by atoms with E-state index in [2.05, 4.69) is 77.7 Å². The summed E-state index contributed by atoms with van der Waals surface area (Å²) < 4.78 is 92.6. The van der Waals surface area contributed by atoms with E-state index >= 15 is 0 Å². The zero-order chi connectivity index (χ0) is 85.7. The summed E-state index contributed by atoms with van der Waals surface area (Å²) in [5.74, 6) is -4.21. The van der Waals surface area contributed by atoms with E-state index in [-0.39, 0.29) is 60.9 Å². The van der Waals surface area contributed by atoms with Crippen LogP contribution in [0.2, 0.25) is 45.2 Å². The number of fused-ring (bicyclic) bond motifs is 6. The number of imidazole rings is 6. The van der Waals surface area contributed by atoms with Crippen LogP contribution in [0.3, 0.4) is 0 Å². The van der Waals surface area contributed by atoms with Crippen LogP contribution < -0.4 is 0 Å². The Balaban J connectivity index is 0.000000124. The van der Waals surface area contributed by atoms with Crippen LogP contribution in [-0.4, -0.2) is 86.9 Å². The first-order valence-corrected chi connectivity index (χ1v) is 40.7. The van der Waals surface area contributed by atoms with Crippen LogP contribution in [0.4, 0.5) is 26.3 Å². The first-order chi connectivity index (χ1) is 57.6. The fourth-order valence-electron chi connectivity index (χ4n) is 12.6. The third kappa shape index (κ3) is 19.5. The monoisotopic (exact) mass is 1990 g/mol. The van der Waals surface area contributed by atoms with Gasteiger partial charge in [0.15, 0.2) is 11.6 Å². The van der Waals surface area contributed by atoms with Crippen LogP contribution in [0.25, 0.3) is 101 Å². The molecule has 612 valence electrons. The molecule has 0 bridgehead atoms. The molecule has 6 N–H and O–H groups in total. The maximum absolute atomic E-state index is 13.9. The van der Waals surface area contributed by atoms with Crippen molar-refractivity contribution >= 4 is 186 Å². The molecule has 120 heavy (non-hydrogen) atoms. The maximum atomic E-state index is 13.9. The van der Waals surface area contributed by atoms with Crippen molar-refractivity contribution in [3.8, 4) is 67.5 Å². The first kappa shape index (κ1) is 88.6. The second-order valence-electron chi connectivity index (χ2n) is 25.6. The Morgan fingerprint density at radius 1 is 0.242 bits per heavy atom. The summed E-state index contributed by atoms with van der Waals surface area (Å²) in [6.07, 6.45) is 10.4. The van der Waals surface area contributed by atoms with Crippen molar-refractivity contribution in [1.29, 1.82) is 0 Å². The lowest BCUT2D eigenvalue weighted by molar-refractivity contribution is 0.276. The Hall–Kier alpha value is -9.15. The van der Waals surface area contributed by atoms with Gasteiger partial charge in [-0.15, -0.1) is 0 Å². The number of aliphatic hydroxyl groups excluding tert-OH is 6. The molecular formula is C84H54Br3Cl9F6N12O6. The summed E-state index contributed by atoms with van der Waals surface area (Å²) in [6.45, 7) is -1.30. The molecule has 0 fully saturated rings. The number of aliphatic hydroxyl groups is 6. The maximum Gasteiger partial charge on any atom is 0.159 e. The number of benzene rings is 6. The van der Waals surface area contributed by atoms with E-state index in [1.807, 2.05) is 47.1 Å². The number of hydrogen-bond acceptors (Lipinski definition) is 12. The third-order valence-electron chi connectivity index (χ3n) is 18.1. The molecule has 36 heteroatoms. The summed E-state index contributed by atoms with van der Waals surface area (Å²) in [4.78, 5) is 26.6.